The molecule has 6 atom stereocenters. The van der Waals surface area contributed by atoms with Crippen molar-refractivity contribution in [3.8, 4) is 0 Å². The first-order chi connectivity index (χ1) is 23.2. The van der Waals surface area contributed by atoms with Crippen molar-refractivity contribution in [2.24, 2.45) is 17.8 Å². The maximum absolute atomic E-state index is 13.7. The van der Waals surface area contributed by atoms with Gasteiger partial charge in [0.15, 0.2) is 0 Å². The Kier molecular flexibility index (Phi) is 15.5. The summed E-state index contributed by atoms with van der Waals surface area (Å²) in [6.07, 6.45) is 5.18. The van der Waals surface area contributed by atoms with Crippen LogP contribution < -0.4 is 16.0 Å². The van der Waals surface area contributed by atoms with Gasteiger partial charge in [0.05, 0.1) is 13.0 Å². The Bertz CT molecular complexity index is 1360. The van der Waals surface area contributed by atoms with Crippen molar-refractivity contribution >= 4 is 35.2 Å². The number of hydrogen-bond acceptors (Lipinski definition) is 9. The van der Waals surface area contributed by atoms with Crippen molar-refractivity contribution < 1.29 is 33.8 Å². The molecule has 1 aliphatic carbocycles. The summed E-state index contributed by atoms with van der Waals surface area (Å²) in [4.78, 5) is 56.4. The summed E-state index contributed by atoms with van der Waals surface area (Å²) in [5.41, 5.74) is 0.495. The summed E-state index contributed by atoms with van der Waals surface area (Å²) in [7, 11) is 1.35. The molecule has 0 spiro atoms. The van der Waals surface area contributed by atoms with E-state index in [1.54, 1.807) is 33.1 Å². The first-order valence-electron chi connectivity index (χ1n) is 17.6. The van der Waals surface area contributed by atoms with Crippen LogP contribution in [0.4, 0.5) is 4.79 Å². The number of carbonyl (C=O) groups is 4. The van der Waals surface area contributed by atoms with Crippen molar-refractivity contribution in [1.82, 2.24) is 20.9 Å². The van der Waals surface area contributed by atoms with E-state index in [1.165, 1.54) is 18.4 Å². The zero-order valence-electron chi connectivity index (χ0n) is 30.1. The van der Waals surface area contributed by atoms with Crippen LogP contribution >= 0.6 is 11.3 Å². The molecule has 12 heteroatoms. The summed E-state index contributed by atoms with van der Waals surface area (Å²) in [5, 5.41) is 22.4. The number of aromatic nitrogens is 1. The van der Waals surface area contributed by atoms with Crippen LogP contribution in [0.2, 0.25) is 0 Å². The number of aliphatic hydroxyl groups is 1. The predicted molar refractivity (Wildman–Crippen MR) is 190 cm³/mol. The first kappa shape index (κ1) is 39.9. The lowest BCUT2D eigenvalue weighted by Gasteiger charge is -2.34. The molecule has 49 heavy (non-hydrogen) atoms. The molecule has 1 aliphatic rings. The summed E-state index contributed by atoms with van der Waals surface area (Å²) < 4.78 is 10.3. The van der Waals surface area contributed by atoms with Crippen molar-refractivity contribution in [2.75, 3.05) is 7.11 Å². The van der Waals surface area contributed by atoms with Gasteiger partial charge in [0.1, 0.15) is 28.4 Å². The second-order valence-corrected chi connectivity index (χ2v) is 15.3. The van der Waals surface area contributed by atoms with Gasteiger partial charge in [-0.1, -0.05) is 76.8 Å². The number of amides is 3. The second-order valence-electron chi connectivity index (χ2n) is 14.4. The third-order valence-corrected chi connectivity index (χ3v) is 10.1. The van der Waals surface area contributed by atoms with Gasteiger partial charge in [-0.3, -0.25) is 14.4 Å². The summed E-state index contributed by atoms with van der Waals surface area (Å²) in [6.45, 7) is 11.0. The summed E-state index contributed by atoms with van der Waals surface area (Å²) in [6, 6.07) is 8.21. The molecular weight excluding hydrogens is 644 g/mol. The summed E-state index contributed by atoms with van der Waals surface area (Å²) >= 11 is 1.19. The van der Waals surface area contributed by atoms with Crippen LogP contribution in [-0.2, 0) is 25.5 Å². The molecule has 3 amide bonds. The van der Waals surface area contributed by atoms with Gasteiger partial charge in [0.2, 0.25) is 5.91 Å². The number of methoxy groups -OCH3 is 1. The van der Waals surface area contributed by atoms with Gasteiger partial charge in [-0.05, 0) is 63.9 Å². The predicted octanol–water partition coefficient (Wildman–Crippen LogP) is 6.11. The number of esters is 1. The Morgan fingerprint density at radius 3 is 2.29 bits per heavy atom. The number of rotatable bonds is 16. The maximum atomic E-state index is 13.7. The molecule has 4 N–H and O–H groups in total. The number of ether oxygens (including phenoxy) is 2. The van der Waals surface area contributed by atoms with Crippen LogP contribution in [0.15, 0.2) is 35.7 Å². The van der Waals surface area contributed by atoms with Gasteiger partial charge >= 0.3 is 12.1 Å². The van der Waals surface area contributed by atoms with Crippen LogP contribution in [-0.4, -0.2) is 64.8 Å². The first-order valence-corrected chi connectivity index (χ1v) is 18.4. The Hall–Kier alpha value is -3.51. The fraction of sp³-hybridized carbons (Fsp3) is 0.649. The minimum Gasteiger partial charge on any atom is -0.469 e. The van der Waals surface area contributed by atoms with Crippen molar-refractivity contribution in [1.29, 1.82) is 0 Å². The molecular formula is C37H56N4O7S. The molecule has 1 aromatic carbocycles. The molecule has 11 nitrogen and oxygen atoms in total. The molecule has 1 heterocycles. The number of thiazole rings is 1. The van der Waals surface area contributed by atoms with Gasteiger partial charge in [-0.15, -0.1) is 11.3 Å². The monoisotopic (exact) mass is 700 g/mol. The standard InChI is InChI=1S/C37H56N4O7S/c1-8-23(2)31(41-36(46)48-37(4,5)6)33(44)39-28(26-17-13-10-14-18-26)21-30(42)34-40-29(22-49-34)32(43)38-27(19-24(3)35(45)47-7)20-25-15-11-9-12-16-25/h9,11-12,15-16,22-24,26-28,30-31,42H,8,10,13-14,17-21H2,1-7H3,(H,38,43)(H,39,44)(H,41,46)/t23-,24-,27+,28+,30+,31-/m0/s1. The number of carbonyl (C=O) groups excluding carboxylic acids is 4. The highest BCUT2D eigenvalue weighted by molar-refractivity contribution is 7.09. The number of nitrogens with one attached hydrogen (secondary N) is 3. The van der Waals surface area contributed by atoms with Gasteiger partial charge in [-0.2, -0.15) is 0 Å². The molecule has 3 rings (SSSR count). The van der Waals surface area contributed by atoms with E-state index in [2.05, 4.69) is 20.9 Å². The van der Waals surface area contributed by atoms with Crippen LogP contribution in [0.25, 0.3) is 0 Å². The Balaban J connectivity index is 1.74. The van der Waals surface area contributed by atoms with E-state index >= 15 is 0 Å². The highest BCUT2D eigenvalue weighted by Gasteiger charge is 2.34. The summed E-state index contributed by atoms with van der Waals surface area (Å²) in [5.74, 6) is -1.46. The van der Waals surface area contributed by atoms with E-state index < -0.39 is 35.7 Å². The van der Waals surface area contributed by atoms with E-state index in [0.29, 0.717) is 24.3 Å². The van der Waals surface area contributed by atoms with E-state index in [1.807, 2.05) is 44.2 Å². The topological polar surface area (TPSA) is 156 Å². The molecule has 1 fully saturated rings. The van der Waals surface area contributed by atoms with Crippen molar-refractivity contribution in [3.05, 3.63) is 52.0 Å². The third kappa shape index (κ3) is 13.0. The van der Waals surface area contributed by atoms with Crippen LogP contribution in [0.1, 0.15) is 120 Å². The van der Waals surface area contributed by atoms with Gasteiger partial charge in [0, 0.05) is 23.9 Å². The van der Waals surface area contributed by atoms with Crippen LogP contribution in [0.5, 0.6) is 0 Å². The van der Waals surface area contributed by atoms with E-state index in [-0.39, 0.29) is 47.9 Å². The number of alkyl carbamates (subject to hydrolysis) is 1. The van der Waals surface area contributed by atoms with E-state index in [4.69, 9.17) is 9.47 Å². The molecule has 0 saturated heterocycles. The Morgan fingerprint density at radius 2 is 1.67 bits per heavy atom. The number of hydrogen-bond donors (Lipinski definition) is 4. The zero-order chi connectivity index (χ0) is 36.1. The van der Waals surface area contributed by atoms with Gasteiger partial charge in [0.25, 0.3) is 5.91 Å². The largest absolute Gasteiger partial charge is 0.469 e. The number of aliphatic hydroxyl groups excluding tert-OH is 1. The normalized spacial score (nSPS) is 17.5. The molecule has 0 aliphatic heterocycles. The van der Waals surface area contributed by atoms with Crippen LogP contribution in [0, 0.1) is 17.8 Å². The minimum atomic E-state index is -1.01. The average molecular weight is 701 g/mol. The van der Waals surface area contributed by atoms with Crippen molar-refractivity contribution in [2.45, 2.75) is 129 Å². The number of benzene rings is 1. The zero-order valence-corrected chi connectivity index (χ0v) is 30.9. The highest BCUT2D eigenvalue weighted by atomic mass is 32.1. The highest BCUT2D eigenvalue weighted by Crippen LogP contribution is 2.32. The maximum Gasteiger partial charge on any atom is 0.408 e. The Morgan fingerprint density at radius 1 is 1.00 bits per heavy atom. The van der Waals surface area contributed by atoms with Gasteiger partial charge in [-0.25, -0.2) is 9.78 Å². The number of nitrogens with zero attached hydrogens (tertiary/aromatic N) is 1. The quantitative estimate of drug-likeness (QED) is 0.153. The molecule has 2 aromatic rings. The lowest BCUT2D eigenvalue weighted by Crippen LogP contribution is -2.54. The lowest BCUT2D eigenvalue weighted by molar-refractivity contribution is -0.145. The molecule has 0 radical (unpaired) electrons. The minimum absolute atomic E-state index is 0.147. The molecule has 0 unspecified atom stereocenters. The average Bonchev–Trinajstić information content (AvgIpc) is 3.57. The second kappa shape index (κ2) is 19.0. The van der Waals surface area contributed by atoms with E-state index in [9.17, 15) is 24.3 Å². The van der Waals surface area contributed by atoms with Crippen molar-refractivity contribution in [3.63, 3.8) is 0 Å². The van der Waals surface area contributed by atoms with Gasteiger partial charge < -0.3 is 30.5 Å². The lowest BCUT2D eigenvalue weighted by atomic mass is 9.81. The molecule has 1 saturated carbocycles. The smallest absolute Gasteiger partial charge is 0.408 e. The Labute approximate surface area is 295 Å². The fourth-order valence-electron chi connectivity index (χ4n) is 6.28. The molecule has 0 bridgehead atoms. The SMILES string of the molecule is CC[C@H](C)[C@H](NC(=O)OC(C)(C)C)C(=O)N[C@H](C[C@@H](O)c1nc(C(=O)N[C@@H](Cc2ccccc2)C[C@H](C)C(=O)OC)cs1)C1CCCCC1. The molecule has 272 valence electrons. The van der Waals surface area contributed by atoms with E-state index in [0.717, 1.165) is 37.7 Å². The van der Waals surface area contributed by atoms with Crippen LogP contribution in [0.3, 0.4) is 0 Å². The third-order valence-electron chi connectivity index (χ3n) is 9.13. The molecule has 1 aromatic heterocycles. The fourth-order valence-corrected chi connectivity index (χ4v) is 7.07.